The number of hydrogen-bond donors (Lipinski definition) is 1. The van der Waals surface area contributed by atoms with Gasteiger partial charge in [-0.1, -0.05) is 29.8 Å². The first-order valence-corrected chi connectivity index (χ1v) is 13.0. The van der Waals surface area contributed by atoms with E-state index >= 15 is 0 Å². The molecule has 0 aliphatic carbocycles. The quantitative estimate of drug-likeness (QED) is 0.283. The van der Waals surface area contributed by atoms with Crippen LogP contribution in [0.5, 0.6) is 23.0 Å². The van der Waals surface area contributed by atoms with E-state index in [1.54, 1.807) is 19.6 Å². The Morgan fingerprint density at radius 2 is 1.79 bits per heavy atom. The van der Waals surface area contributed by atoms with Gasteiger partial charge in [-0.3, -0.25) is 9.69 Å². The van der Waals surface area contributed by atoms with Gasteiger partial charge < -0.3 is 24.3 Å². The Labute approximate surface area is 225 Å². The van der Waals surface area contributed by atoms with Crippen molar-refractivity contribution in [2.75, 3.05) is 26.3 Å². The molecular formula is C29H29N3O5S. The van der Waals surface area contributed by atoms with Crippen molar-refractivity contribution in [3.05, 3.63) is 93.4 Å². The predicted molar refractivity (Wildman–Crippen MR) is 146 cm³/mol. The molecule has 8 nitrogen and oxygen atoms in total. The molecule has 0 bridgehead atoms. The Morgan fingerprint density at radius 3 is 2.58 bits per heavy atom. The van der Waals surface area contributed by atoms with Gasteiger partial charge in [0.05, 0.1) is 20.8 Å². The number of benzene rings is 3. The van der Waals surface area contributed by atoms with Gasteiger partial charge in [0.1, 0.15) is 22.2 Å². The van der Waals surface area contributed by atoms with Crippen LogP contribution in [0.2, 0.25) is 0 Å². The molecular weight excluding hydrogens is 502 g/mol. The van der Waals surface area contributed by atoms with E-state index in [4.69, 9.17) is 18.9 Å². The van der Waals surface area contributed by atoms with Crippen LogP contribution in [0.15, 0.2) is 66.0 Å². The molecule has 0 radical (unpaired) electrons. The number of hydrogen-bond acceptors (Lipinski definition) is 8. The van der Waals surface area contributed by atoms with Gasteiger partial charge in [0.15, 0.2) is 11.5 Å². The Hall–Kier alpha value is -4.08. The molecule has 5 rings (SSSR count). The van der Waals surface area contributed by atoms with Crippen molar-refractivity contribution in [3.63, 3.8) is 0 Å². The number of methoxy groups -OCH3 is 2. The molecule has 1 N–H and O–H groups in total. The first kappa shape index (κ1) is 25.6. The number of thiazole rings is 1. The first-order chi connectivity index (χ1) is 18.5. The average molecular weight is 532 g/mol. The van der Waals surface area contributed by atoms with Crippen LogP contribution in [0.3, 0.4) is 0 Å². The largest absolute Gasteiger partial charge is 0.497 e. The molecule has 2 heterocycles. The molecule has 0 unspecified atom stereocenters. The third-order valence-electron chi connectivity index (χ3n) is 6.18. The van der Waals surface area contributed by atoms with E-state index in [0.29, 0.717) is 25.3 Å². The summed E-state index contributed by atoms with van der Waals surface area (Å²) in [5, 5.41) is 5.56. The maximum absolute atomic E-state index is 12.8. The number of aryl methyl sites for hydroxylation is 1. The van der Waals surface area contributed by atoms with Crippen LogP contribution in [-0.4, -0.2) is 36.8 Å². The third-order valence-corrected chi connectivity index (χ3v) is 7.02. The monoisotopic (exact) mass is 531 g/mol. The van der Waals surface area contributed by atoms with Gasteiger partial charge in [-0.15, -0.1) is 11.3 Å². The second-order valence-corrected chi connectivity index (χ2v) is 9.90. The number of rotatable bonds is 10. The van der Waals surface area contributed by atoms with Crippen LogP contribution >= 0.6 is 11.3 Å². The fourth-order valence-electron chi connectivity index (χ4n) is 4.20. The maximum atomic E-state index is 12.8. The molecule has 0 saturated carbocycles. The van der Waals surface area contributed by atoms with Crippen LogP contribution in [0.25, 0.3) is 0 Å². The summed E-state index contributed by atoms with van der Waals surface area (Å²) in [5.74, 6) is 2.75. The van der Waals surface area contributed by atoms with Crippen molar-refractivity contribution in [1.82, 2.24) is 9.88 Å². The van der Waals surface area contributed by atoms with Gasteiger partial charge in [0.2, 0.25) is 6.79 Å². The smallest absolute Gasteiger partial charge is 0.275 e. The topological polar surface area (TPSA) is 82.2 Å². The lowest BCUT2D eigenvalue weighted by Gasteiger charge is -2.23. The van der Waals surface area contributed by atoms with Crippen LogP contribution in [0, 0.1) is 6.92 Å². The summed E-state index contributed by atoms with van der Waals surface area (Å²) in [5.41, 5.74) is 4.37. The fraction of sp³-hybridized carbons (Fsp3) is 0.241. The van der Waals surface area contributed by atoms with Gasteiger partial charge in [-0.2, -0.15) is 0 Å². The van der Waals surface area contributed by atoms with Crippen molar-refractivity contribution in [3.8, 4) is 23.0 Å². The SMILES string of the molecule is COc1ccc(CN(Cc2ccc3c(c2)OCO3)Cc2nc(C(=O)Nc3ccc(C)cc3)cs2)c(OC)c1. The highest BCUT2D eigenvalue weighted by Gasteiger charge is 2.19. The number of anilines is 1. The van der Waals surface area contributed by atoms with Crippen molar-refractivity contribution in [2.45, 2.75) is 26.6 Å². The van der Waals surface area contributed by atoms with Gasteiger partial charge in [-0.25, -0.2) is 4.98 Å². The van der Waals surface area contributed by atoms with Gasteiger partial charge in [0, 0.05) is 35.8 Å². The third kappa shape index (κ3) is 6.07. The summed E-state index contributed by atoms with van der Waals surface area (Å²) in [4.78, 5) is 19.7. The number of amides is 1. The fourth-order valence-corrected chi connectivity index (χ4v) is 5.02. The summed E-state index contributed by atoms with van der Waals surface area (Å²) in [7, 11) is 3.29. The molecule has 1 aliphatic rings. The van der Waals surface area contributed by atoms with E-state index in [2.05, 4.69) is 15.2 Å². The molecule has 38 heavy (non-hydrogen) atoms. The maximum Gasteiger partial charge on any atom is 0.275 e. The van der Waals surface area contributed by atoms with Gasteiger partial charge in [0.25, 0.3) is 5.91 Å². The minimum atomic E-state index is -0.226. The van der Waals surface area contributed by atoms with E-state index in [1.807, 2.05) is 67.6 Å². The Morgan fingerprint density at radius 1 is 0.974 bits per heavy atom. The van der Waals surface area contributed by atoms with E-state index in [0.717, 1.165) is 50.4 Å². The number of aromatic nitrogens is 1. The number of fused-ring (bicyclic) bond motifs is 1. The van der Waals surface area contributed by atoms with E-state index < -0.39 is 0 Å². The first-order valence-electron chi connectivity index (χ1n) is 12.1. The zero-order chi connectivity index (χ0) is 26.5. The zero-order valence-corrected chi connectivity index (χ0v) is 22.3. The van der Waals surface area contributed by atoms with E-state index in [1.165, 1.54) is 11.3 Å². The molecule has 4 aromatic rings. The molecule has 0 saturated heterocycles. The van der Waals surface area contributed by atoms with Crippen molar-refractivity contribution in [2.24, 2.45) is 0 Å². The van der Waals surface area contributed by atoms with Gasteiger partial charge in [-0.05, 0) is 42.8 Å². The molecule has 0 spiro atoms. The Kier molecular flexibility index (Phi) is 7.76. The Bertz CT molecular complexity index is 1420. The van der Waals surface area contributed by atoms with Crippen LogP contribution < -0.4 is 24.3 Å². The zero-order valence-electron chi connectivity index (χ0n) is 21.5. The van der Waals surface area contributed by atoms with Crippen LogP contribution in [-0.2, 0) is 19.6 Å². The summed E-state index contributed by atoms with van der Waals surface area (Å²) in [6, 6.07) is 19.5. The normalized spacial score (nSPS) is 12.0. The van der Waals surface area contributed by atoms with Crippen molar-refractivity contribution in [1.29, 1.82) is 0 Å². The van der Waals surface area contributed by atoms with Gasteiger partial charge >= 0.3 is 0 Å². The Balaban J connectivity index is 1.35. The lowest BCUT2D eigenvalue weighted by atomic mass is 10.1. The van der Waals surface area contributed by atoms with E-state index in [-0.39, 0.29) is 12.7 Å². The number of ether oxygens (including phenoxy) is 4. The number of nitrogens with one attached hydrogen (secondary N) is 1. The molecule has 0 atom stereocenters. The summed E-state index contributed by atoms with van der Waals surface area (Å²) >= 11 is 1.47. The standard InChI is InChI=1S/C29H29N3O5S/c1-19-4-8-22(9-5-19)30-29(33)24-17-38-28(31-24)16-32(14-20-6-11-25-27(12-20)37-18-36-25)15-21-7-10-23(34-2)13-26(21)35-3/h4-13,17H,14-16,18H2,1-3H3,(H,30,33). The number of nitrogens with zero attached hydrogens (tertiary/aromatic N) is 2. The highest BCUT2D eigenvalue weighted by Crippen LogP contribution is 2.33. The minimum absolute atomic E-state index is 0.226. The van der Waals surface area contributed by atoms with Crippen molar-refractivity contribution < 1.29 is 23.7 Å². The lowest BCUT2D eigenvalue weighted by molar-refractivity contribution is 0.102. The number of carbonyl (C=O) groups is 1. The molecule has 0 fully saturated rings. The predicted octanol–water partition coefficient (Wildman–Crippen LogP) is 5.65. The molecule has 9 heteroatoms. The molecule has 1 amide bonds. The second-order valence-electron chi connectivity index (χ2n) is 8.96. The molecule has 196 valence electrons. The summed E-state index contributed by atoms with van der Waals surface area (Å²) in [6.07, 6.45) is 0. The molecule has 1 aliphatic heterocycles. The molecule has 1 aromatic heterocycles. The highest BCUT2D eigenvalue weighted by atomic mass is 32.1. The lowest BCUT2D eigenvalue weighted by Crippen LogP contribution is -2.23. The van der Waals surface area contributed by atoms with E-state index in [9.17, 15) is 4.79 Å². The van der Waals surface area contributed by atoms with Crippen LogP contribution in [0.1, 0.15) is 32.2 Å². The molecule has 3 aromatic carbocycles. The van der Waals surface area contributed by atoms with Crippen LogP contribution in [0.4, 0.5) is 5.69 Å². The summed E-state index contributed by atoms with van der Waals surface area (Å²) in [6.45, 7) is 4.03. The van der Waals surface area contributed by atoms with Crippen molar-refractivity contribution >= 4 is 22.9 Å². The number of carbonyl (C=O) groups excluding carboxylic acids is 1. The minimum Gasteiger partial charge on any atom is -0.497 e. The average Bonchev–Trinajstić information content (AvgIpc) is 3.59. The highest BCUT2D eigenvalue weighted by molar-refractivity contribution is 7.09. The summed E-state index contributed by atoms with van der Waals surface area (Å²) < 4.78 is 22.0. The second kappa shape index (κ2) is 11.5.